The molecule has 2 aromatic rings. The van der Waals surface area contributed by atoms with Crippen LogP contribution in [0, 0.1) is 6.92 Å². The van der Waals surface area contributed by atoms with E-state index in [4.69, 9.17) is 0 Å². The molecule has 1 aromatic heterocycles. The fourth-order valence-corrected chi connectivity index (χ4v) is 3.62. The Bertz CT molecular complexity index is 687. The Morgan fingerprint density at radius 3 is 2.96 bits per heavy atom. The van der Waals surface area contributed by atoms with Gasteiger partial charge < -0.3 is 10.2 Å². The SMILES string of the molecule is Cc1cccc(NC(=O)Nc2nnc(N3CCCC[C@H]3C)s2)c1. The predicted molar refractivity (Wildman–Crippen MR) is 94.4 cm³/mol. The first kappa shape index (κ1) is 15.7. The number of hydrogen-bond acceptors (Lipinski definition) is 5. The molecule has 6 nitrogen and oxygen atoms in total. The molecule has 0 spiro atoms. The number of rotatable bonds is 3. The van der Waals surface area contributed by atoms with Crippen LogP contribution in [-0.2, 0) is 0 Å². The third-order valence-electron chi connectivity index (χ3n) is 3.96. The molecule has 2 N–H and O–H groups in total. The van der Waals surface area contributed by atoms with Crippen LogP contribution >= 0.6 is 11.3 Å². The Balaban J connectivity index is 1.61. The standard InChI is InChI=1S/C16H21N5OS/c1-11-6-5-8-13(10-11)17-14(22)18-15-19-20-16(23-15)21-9-4-3-7-12(21)2/h5-6,8,10,12H,3-4,7,9H2,1-2H3,(H2,17,18,19,22)/t12-/m1/s1. The molecule has 1 fully saturated rings. The Morgan fingerprint density at radius 1 is 1.30 bits per heavy atom. The highest BCUT2D eigenvalue weighted by molar-refractivity contribution is 7.19. The van der Waals surface area contributed by atoms with Crippen LogP contribution < -0.4 is 15.5 Å². The van der Waals surface area contributed by atoms with Crippen molar-refractivity contribution in [2.45, 2.75) is 39.2 Å². The minimum atomic E-state index is -0.301. The Morgan fingerprint density at radius 2 is 2.17 bits per heavy atom. The van der Waals surface area contributed by atoms with Gasteiger partial charge in [-0.15, -0.1) is 10.2 Å². The van der Waals surface area contributed by atoms with Crippen molar-refractivity contribution in [3.63, 3.8) is 0 Å². The molecule has 0 radical (unpaired) electrons. The van der Waals surface area contributed by atoms with Gasteiger partial charge in [-0.3, -0.25) is 5.32 Å². The third-order valence-corrected chi connectivity index (χ3v) is 4.84. The maximum absolute atomic E-state index is 12.0. The lowest BCUT2D eigenvalue weighted by Crippen LogP contribution is -2.37. The first-order valence-corrected chi connectivity index (χ1v) is 8.68. The molecule has 0 aliphatic carbocycles. The van der Waals surface area contributed by atoms with Gasteiger partial charge in [0, 0.05) is 18.3 Å². The van der Waals surface area contributed by atoms with E-state index in [-0.39, 0.29) is 6.03 Å². The number of carbonyl (C=O) groups is 1. The summed E-state index contributed by atoms with van der Waals surface area (Å²) in [6, 6.07) is 7.84. The first-order valence-electron chi connectivity index (χ1n) is 7.86. The molecule has 2 heterocycles. The van der Waals surface area contributed by atoms with E-state index < -0.39 is 0 Å². The summed E-state index contributed by atoms with van der Waals surface area (Å²) in [5.74, 6) is 0. The van der Waals surface area contributed by atoms with Gasteiger partial charge >= 0.3 is 6.03 Å². The maximum Gasteiger partial charge on any atom is 0.325 e. The fourth-order valence-electron chi connectivity index (χ4n) is 2.75. The summed E-state index contributed by atoms with van der Waals surface area (Å²) in [5, 5.41) is 15.2. The van der Waals surface area contributed by atoms with Crippen LogP contribution in [0.2, 0.25) is 0 Å². The number of aromatic nitrogens is 2. The van der Waals surface area contributed by atoms with Crippen molar-refractivity contribution in [1.82, 2.24) is 10.2 Å². The van der Waals surface area contributed by atoms with Gasteiger partial charge in [0.2, 0.25) is 10.3 Å². The monoisotopic (exact) mass is 331 g/mol. The van der Waals surface area contributed by atoms with E-state index in [2.05, 4.69) is 32.7 Å². The number of hydrogen-bond donors (Lipinski definition) is 2. The van der Waals surface area contributed by atoms with Gasteiger partial charge in [0.05, 0.1) is 0 Å². The van der Waals surface area contributed by atoms with Crippen LogP contribution in [0.25, 0.3) is 0 Å². The van der Waals surface area contributed by atoms with Crippen LogP contribution in [0.4, 0.5) is 20.7 Å². The largest absolute Gasteiger partial charge is 0.344 e. The van der Waals surface area contributed by atoms with Crippen molar-refractivity contribution < 1.29 is 4.79 Å². The van der Waals surface area contributed by atoms with Crippen molar-refractivity contribution in [2.24, 2.45) is 0 Å². The molecule has 7 heteroatoms. The molecule has 2 amide bonds. The second-order valence-electron chi connectivity index (χ2n) is 5.88. The minimum Gasteiger partial charge on any atom is -0.344 e. The zero-order valence-electron chi connectivity index (χ0n) is 13.4. The summed E-state index contributed by atoms with van der Waals surface area (Å²) in [6.07, 6.45) is 3.62. The van der Waals surface area contributed by atoms with Crippen LogP contribution in [0.3, 0.4) is 0 Å². The highest BCUT2D eigenvalue weighted by atomic mass is 32.1. The number of carbonyl (C=O) groups excluding carboxylic acids is 1. The Kier molecular flexibility index (Phi) is 4.76. The summed E-state index contributed by atoms with van der Waals surface area (Å²) in [6.45, 7) is 5.20. The number of benzene rings is 1. The highest BCUT2D eigenvalue weighted by Crippen LogP contribution is 2.29. The first-order chi connectivity index (χ1) is 11.1. The van der Waals surface area contributed by atoms with Crippen molar-refractivity contribution in [3.8, 4) is 0 Å². The number of nitrogens with one attached hydrogen (secondary N) is 2. The van der Waals surface area contributed by atoms with E-state index in [0.717, 1.165) is 22.9 Å². The summed E-state index contributed by atoms with van der Waals surface area (Å²) in [5.41, 5.74) is 1.86. The Hall–Kier alpha value is -2.15. The molecule has 1 saturated heterocycles. The topological polar surface area (TPSA) is 70.1 Å². The van der Waals surface area contributed by atoms with Crippen LogP contribution in [0.5, 0.6) is 0 Å². The molecular formula is C16H21N5OS. The average Bonchev–Trinajstić information content (AvgIpc) is 2.95. The summed E-state index contributed by atoms with van der Waals surface area (Å²) < 4.78 is 0. The number of amides is 2. The molecule has 23 heavy (non-hydrogen) atoms. The van der Waals surface area contributed by atoms with Crippen LogP contribution in [0.1, 0.15) is 31.7 Å². The zero-order valence-corrected chi connectivity index (χ0v) is 14.2. The molecule has 0 saturated carbocycles. The fraction of sp³-hybridized carbons (Fsp3) is 0.438. The number of piperidine rings is 1. The van der Waals surface area contributed by atoms with E-state index in [1.807, 2.05) is 31.2 Å². The third kappa shape index (κ3) is 3.98. The lowest BCUT2D eigenvalue weighted by Gasteiger charge is -2.32. The van der Waals surface area contributed by atoms with Gasteiger partial charge in [-0.25, -0.2) is 4.79 Å². The normalized spacial score (nSPS) is 17.8. The van der Waals surface area contributed by atoms with Gasteiger partial charge in [0.25, 0.3) is 0 Å². The van der Waals surface area contributed by atoms with Gasteiger partial charge in [-0.05, 0) is 50.8 Å². The second kappa shape index (κ2) is 6.95. The molecule has 1 aliphatic heterocycles. The molecule has 122 valence electrons. The molecule has 0 bridgehead atoms. The van der Waals surface area contributed by atoms with E-state index in [1.54, 1.807) is 0 Å². The number of aryl methyl sites for hydroxylation is 1. The van der Waals surface area contributed by atoms with E-state index in [0.29, 0.717) is 11.2 Å². The van der Waals surface area contributed by atoms with E-state index in [9.17, 15) is 4.79 Å². The van der Waals surface area contributed by atoms with E-state index >= 15 is 0 Å². The van der Waals surface area contributed by atoms with Crippen molar-refractivity contribution >= 4 is 33.3 Å². The van der Waals surface area contributed by atoms with Gasteiger partial charge in [-0.2, -0.15) is 0 Å². The average molecular weight is 331 g/mol. The van der Waals surface area contributed by atoms with Crippen molar-refractivity contribution in [3.05, 3.63) is 29.8 Å². The highest BCUT2D eigenvalue weighted by Gasteiger charge is 2.22. The molecule has 1 aromatic carbocycles. The van der Waals surface area contributed by atoms with Crippen LogP contribution in [0.15, 0.2) is 24.3 Å². The quantitative estimate of drug-likeness (QED) is 0.896. The van der Waals surface area contributed by atoms with Crippen molar-refractivity contribution in [1.29, 1.82) is 0 Å². The molecule has 0 unspecified atom stereocenters. The Labute approximate surface area is 139 Å². The second-order valence-corrected chi connectivity index (χ2v) is 6.83. The van der Waals surface area contributed by atoms with Gasteiger partial charge in [-0.1, -0.05) is 23.5 Å². The summed E-state index contributed by atoms with van der Waals surface area (Å²) in [7, 11) is 0. The predicted octanol–water partition coefficient (Wildman–Crippen LogP) is 3.87. The van der Waals surface area contributed by atoms with Gasteiger partial charge in [0.15, 0.2) is 0 Å². The number of urea groups is 1. The van der Waals surface area contributed by atoms with Crippen molar-refractivity contribution in [2.75, 3.05) is 22.1 Å². The molecule has 1 atom stereocenters. The lowest BCUT2D eigenvalue weighted by molar-refractivity contribution is 0.262. The molecule has 1 aliphatic rings. The van der Waals surface area contributed by atoms with Gasteiger partial charge in [0.1, 0.15) is 0 Å². The number of anilines is 3. The molecule has 3 rings (SSSR count). The molecular weight excluding hydrogens is 310 g/mol. The smallest absolute Gasteiger partial charge is 0.325 e. The summed E-state index contributed by atoms with van der Waals surface area (Å²) in [4.78, 5) is 14.3. The van der Waals surface area contributed by atoms with E-state index in [1.165, 1.54) is 30.6 Å². The van der Waals surface area contributed by atoms with Crippen LogP contribution in [-0.4, -0.2) is 28.8 Å². The summed E-state index contributed by atoms with van der Waals surface area (Å²) >= 11 is 1.42. The lowest BCUT2D eigenvalue weighted by atomic mass is 10.1. The number of nitrogens with zero attached hydrogens (tertiary/aromatic N) is 3. The zero-order chi connectivity index (χ0) is 16.2. The maximum atomic E-state index is 12.0. The minimum absolute atomic E-state index is 0.301.